The smallest absolute Gasteiger partial charge is 0.250 e. The number of nitrogen functional groups attached to an aromatic ring is 1. The number of anilines is 2. The zero-order valence-electron chi connectivity index (χ0n) is 11.0. The van der Waals surface area contributed by atoms with Gasteiger partial charge in [0.2, 0.25) is 0 Å². The third-order valence-corrected chi connectivity index (χ3v) is 3.38. The van der Waals surface area contributed by atoms with Gasteiger partial charge < -0.3 is 21.5 Å². The molecule has 0 unspecified atom stereocenters. The summed E-state index contributed by atoms with van der Waals surface area (Å²) in [5.74, 6) is -0.480. The van der Waals surface area contributed by atoms with Crippen LogP contribution in [0.3, 0.4) is 0 Å². The maximum absolute atomic E-state index is 11.3. The molecule has 0 heterocycles. The van der Waals surface area contributed by atoms with Gasteiger partial charge in [-0.05, 0) is 31.0 Å². The van der Waals surface area contributed by atoms with Crippen LogP contribution < -0.4 is 16.8 Å². The van der Waals surface area contributed by atoms with Crippen LogP contribution in [0.1, 0.15) is 36.0 Å². The average Bonchev–Trinajstić information content (AvgIpc) is 2.89. The maximum atomic E-state index is 11.3. The number of hydrogen-bond donors (Lipinski definition) is 3. The van der Waals surface area contributed by atoms with Gasteiger partial charge in [-0.3, -0.25) is 4.79 Å². The quantitative estimate of drug-likeness (QED) is 0.538. The summed E-state index contributed by atoms with van der Waals surface area (Å²) in [6, 6.07) is 5.10. The van der Waals surface area contributed by atoms with Gasteiger partial charge in [0, 0.05) is 17.9 Å². The molecular weight excluding hydrogens is 242 g/mol. The first-order chi connectivity index (χ1) is 9.16. The second kappa shape index (κ2) is 6.43. The molecule has 1 fully saturated rings. The highest BCUT2D eigenvalue weighted by atomic mass is 16.5. The molecule has 5 N–H and O–H groups in total. The van der Waals surface area contributed by atoms with Crippen LogP contribution in [0.25, 0.3) is 0 Å². The van der Waals surface area contributed by atoms with Crippen molar-refractivity contribution in [2.75, 3.05) is 24.2 Å². The molecule has 19 heavy (non-hydrogen) atoms. The lowest BCUT2D eigenvalue weighted by Gasteiger charge is -2.13. The molecule has 0 saturated heterocycles. The highest BCUT2D eigenvalue weighted by molar-refractivity contribution is 5.99. The van der Waals surface area contributed by atoms with Crippen LogP contribution in [0.5, 0.6) is 0 Å². The van der Waals surface area contributed by atoms with Crippen LogP contribution in [0.4, 0.5) is 11.4 Å². The fourth-order valence-corrected chi connectivity index (χ4v) is 2.39. The van der Waals surface area contributed by atoms with E-state index in [-0.39, 0.29) is 0 Å². The van der Waals surface area contributed by atoms with E-state index in [4.69, 9.17) is 16.2 Å². The van der Waals surface area contributed by atoms with Gasteiger partial charge in [-0.25, -0.2) is 0 Å². The van der Waals surface area contributed by atoms with Crippen molar-refractivity contribution >= 4 is 17.3 Å². The van der Waals surface area contributed by atoms with Crippen LogP contribution in [-0.4, -0.2) is 25.2 Å². The fourth-order valence-electron chi connectivity index (χ4n) is 2.39. The Kier molecular flexibility index (Phi) is 4.63. The van der Waals surface area contributed by atoms with Crippen molar-refractivity contribution in [3.8, 4) is 0 Å². The predicted octanol–water partition coefficient (Wildman–Crippen LogP) is 1.74. The molecule has 104 valence electrons. The molecule has 1 aromatic rings. The normalized spacial score (nSPS) is 15.6. The summed E-state index contributed by atoms with van der Waals surface area (Å²) in [7, 11) is 0. The third-order valence-electron chi connectivity index (χ3n) is 3.38. The van der Waals surface area contributed by atoms with Crippen molar-refractivity contribution in [1.82, 2.24) is 0 Å². The fraction of sp³-hybridized carbons (Fsp3) is 0.500. The molecule has 0 spiro atoms. The van der Waals surface area contributed by atoms with Gasteiger partial charge >= 0.3 is 0 Å². The molecule has 1 aliphatic rings. The lowest BCUT2D eigenvalue weighted by atomic mass is 10.1. The first kappa shape index (κ1) is 13.7. The van der Waals surface area contributed by atoms with Gasteiger partial charge in [0.15, 0.2) is 0 Å². The van der Waals surface area contributed by atoms with Crippen LogP contribution in [0.15, 0.2) is 18.2 Å². The van der Waals surface area contributed by atoms with E-state index in [2.05, 4.69) is 5.32 Å². The highest BCUT2D eigenvalue weighted by Crippen LogP contribution is 2.21. The number of ether oxygens (including phenoxy) is 1. The van der Waals surface area contributed by atoms with E-state index in [0.717, 1.165) is 12.8 Å². The van der Waals surface area contributed by atoms with Gasteiger partial charge in [0.25, 0.3) is 5.91 Å². The first-order valence-corrected chi connectivity index (χ1v) is 6.71. The molecule has 0 aromatic heterocycles. The van der Waals surface area contributed by atoms with Gasteiger partial charge in [-0.15, -0.1) is 0 Å². The summed E-state index contributed by atoms with van der Waals surface area (Å²) in [6.07, 6.45) is 5.26. The van der Waals surface area contributed by atoms with Gasteiger partial charge in [0.1, 0.15) is 0 Å². The standard InChI is InChI=1S/C14H21N3O2/c15-10-5-6-13(12(9-10)14(16)18)17-7-8-19-11-3-1-2-4-11/h5-6,9,11,17H,1-4,7-8,15H2,(H2,16,18). The number of amides is 1. The van der Waals surface area contributed by atoms with Crippen LogP contribution in [0.2, 0.25) is 0 Å². The molecule has 1 amide bonds. The second-order valence-electron chi connectivity index (χ2n) is 4.87. The van der Waals surface area contributed by atoms with Gasteiger partial charge in [-0.1, -0.05) is 12.8 Å². The number of carbonyl (C=O) groups is 1. The molecule has 0 bridgehead atoms. The lowest BCUT2D eigenvalue weighted by Crippen LogP contribution is -2.18. The molecule has 0 atom stereocenters. The Hall–Kier alpha value is -1.75. The Bertz CT molecular complexity index is 442. The Morgan fingerprint density at radius 2 is 2.11 bits per heavy atom. The Balaban J connectivity index is 1.83. The van der Waals surface area contributed by atoms with Crippen LogP contribution in [0, 0.1) is 0 Å². The number of hydrogen-bond acceptors (Lipinski definition) is 4. The molecule has 2 rings (SSSR count). The van der Waals surface area contributed by atoms with Gasteiger partial charge in [0.05, 0.1) is 18.3 Å². The van der Waals surface area contributed by atoms with Crippen LogP contribution in [-0.2, 0) is 4.74 Å². The zero-order chi connectivity index (χ0) is 13.7. The third kappa shape index (κ3) is 3.86. The minimum atomic E-state index is -0.480. The number of carbonyl (C=O) groups excluding carboxylic acids is 1. The molecular formula is C14H21N3O2. The summed E-state index contributed by atoms with van der Waals surface area (Å²) in [4.78, 5) is 11.3. The van der Waals surface area contributed by atoms with E-state index in [0.29, 0.717) is 36.2 Å². The zero-order valence-corrected chi connectivity index (χ0v) is 11.0. The Morgan fingerprint density at radius 1 is 1.37 bits per heavy atom. The number of nitrogens with one attached hydrogen (secondary N) is 1. The minimum Gasteiger partial charge on any atom is -0.399 e. The second-order valence-corrected chi connectivity index (χ2v) is 4.87. The van der Waals surface area contributed by atoms with E-state index in [9.17, 15) is 4.79 Å². The molecule has 0 radical (unpaired) electrons. The van der Waals surface area contributed by atoms with E-state index in [1.807, 2.05) is 0 Å². The number of benzene rings is 1. The summed E-state index contributed by atoms with van der Waals surface area (Å²) in [6.45, 7) is 1.29. The summed E-state index contributed by atoms with van der Waals surface area (Å²) >= 11 is 0. The van der Waals surface area contributed by atoms with E-state index in [1.54, 1.807) is 18.2 Å². The number of primary amides is 1. The molecule has 0 aliphatic heterocycles. The molecule has 1 aliphatic carbocycles. The monoisotopic (exact) mass is 263 g/mol. The molecule has 5 heteroatoms. The number of nitrogens with two attached hydrogens (primary N) is 2. The van der Waals surface area contributed by atoms with E-state index in [1.165, 1.54) is 12.8 Å². The summed E-state index contributed by atoms with van der Waals surface area (Å²) in [5.41, 5.74) is 12.6. The Labute approximate surface area is 113 Å². The van der Waals surface area contributed by atoms with Crippen molar-refractivity contribution in [3.05, 3.63) is 23.8 Å². The van der Waals surface area contributed by atoms with Gasteiger partial charge in [-0.2, -0.15) is 0 Å². The molecule has 1 aromatic carbocycles. The van der Waals surface area contributed by atoms with Crippen molar-refractivity contribution in [2.24, 2.45) is 5.73 Å². The van der Waals surface area contributed by atoms with E-state index >= 15 is 0 Å². The van der Waals surface area contributed by atoms with Crippen molar-refractivity contribution in [3.63, 3.8) is 0 Å². The Morgan fingerprint density at radius 3 is 2.79 bits per heavy atom. The highest BCUT2D eigenvalue weighted by Gasteiger charge is 2.15. The maximum Gasteiger partial charge on any atom is 0.250 e. The number of rotatable bonds is 6. The topological polar surface area (TPSA) is 90.4 Å². The SMILES string of the molecule is NC(=O)c1cc(N)ccc1NCCOC1CCCC1. The lowest BCUT2D eigenvalue weighted by molar-refractivity contribution is 0.0659. The summed E-state index contributed by atoms with van der Waals surface area (Å²) < 4.78 is 5.75. The first-order valence-electron chi connectivity index (χ1n) is 6.71. The average molecular weight is 263 g/mol. The van der Waals surface area contributed by atoms with Crippen molar-refractivity contribution in [2.45, 2.75) is 31.8 Å². The molecule has 5 nitrogen and oxygen atoms in total. The van der Waals surface area contributed by atoms with Crippen LogP contribution >= 0.6 is 0 Å². The van der Waals surface area contributed by atoms with E-state index < -0.39 is 5.91 Å². The largest absolute Gasteiger partial charge is 0.399 e. The van der Waals surface area contributed by atoms with Crippen molar-refractivity contribution < 1.29 is 9.53 Å². The van der Waals surface area contributed by atoms with Crippen molar-refractivity contribution in [1.29, 1.82) is 0 Å². The molecule has 1 saturated carbocycles. The summed E-state index contributed by atoms with van der Waals surface area (Å²) in [5, 5.41) is 3.16. The predicted molar refractivity (Wildman–Crippen MR) is 76.1 cm³/mol. The minimum absolute atomic E-state index is 0.406.